The topological polar surface area (TPSA) is 94.6 Å². The van der Waals surface area contributed by atoms with E-state index in [9.17, 15) is 10.1 Å². The average molecular weight is 316 g/mol. The van der Waals surface area contributed by atoms with Crippen molar-refractivity contribution in [2.45, 2.75) is 13.5 Å². The quantitative estimate of drug-likeness (QED) is 0.453. The SMILES string of the molecule is Cc1ccc(-n2c(Cn3cnc([N+](=O)[O-])c3)n[nH]c2=S)cc1. The van der Waals surface area contributed by atoms with Gasteiger partial charge >= 0.3 is 5.82 Å². The number of H-pyrrole nitrogens is 1. The zero-order valence-corrected chi connectivity index (χ0v) is 12.4. The maximum absolute atomic E-state index is 10.7. The van der Waals surface area contributed by atoms with E-state index in [1.54, 1.807) is 9.13 Å². The molecular weight excluding hydrogens is 304 g/mol. The van der Waals surface area contributed by atoms with Gasteiger partial charge in [-0.2, -0.15) is 5.10 Å². The molecule has 2 aromatic heterocycles. The van der Waals surface area contributed by atoms with Crippen molar-refractivity contribution < 1.29 is 4.92 Å². The van der Waals surface area contributed by atoms with Crippen LogP contribution in [-0.2, 0) is 6.54 Å². The van der Waals surface area contributed by atoms with E-state index in [0.29, 0.717) is 17.1 Å². The number of aromatic nitrogens is 5. The fourth-order valence-corrected chi connectivity index (χ4v) is 2.34. The molecule has 0 atom stereocenters. The molecular formula is C13H12N6O2S. The summed E-state index contributed by atoms with van der Waals surface area (Å²) in [6, 6.07) is 7.85. The zero-order valence-electron chi connectivity index (χ0n) is 11.6. The van der Waals surface area contributed by atoms with E-state index in [0.717, 1.165) is 11.3 Å². The molecule has 0 unspecified atom stereocenters. The van der Waals surface area contributed by atoms with E-state index >= 15 is 0 Å². The van der Waals surface area contributed by atoms with Gasteiger partial charge in [-0.15, -0.1) is 0 Å². The van der Waals surface area contributed by atoms with Crippen molar-refractivity contribution >= 4 is 18.0 Å². The molecule has 112 valence electrons. The van der Waals surface area contributed by atoms with Gasteiger partial charge in [0.25, 0.3) is 0 Å². The van der Waals surface area contributed by atoms with Crippen molar-refractivity contribution in [3.63, 3.8) is 0 Å². The van der Waals surface area contributed by atoms with Gasteiger partial charge in [-0.1, -0.05) is 17.7 Å². The number of nitrogens with one attached hydrogen (secondary N) is 1. The molecule has 3 aromatic rings. The van der Waals surface area contributed by atoms with Crippen molar-refractivity contribution in [1.82, 2.24) is 24.3 Å². The van der Waals surface area contributed by atoms with E-state index in [-0.39, 0.29) is 5.82 Å². The maximum atomic E-state index is 10.7. The summed E-state index contributed by atoms with van der Waals surface area (Å²) in [7, 11) is 0. The summed E-state index contributed by atoms with van der Waals surface area (Å²) in [6.07, 6.45) is 2.76. The first kappa shape index (κ1) is 14.1. The van der Waals surface area contributed by atoms with Crippen LogP contribution in [0.3, 0.4) is 0 Å². The fourth-order valence-electron chi connectivity index (χ4n) is 2.09. The van der Waals surface area contributed by atoms with Gasteiger partial charge in [0, 0.05) is 5.69 Å². The summed E-state index contributed by atoms with van der Waals surface area (Å²) in [5.41, 5.74) is 2.03. The van der Waals surface area contributed by atoms with Crippen molar-refractivity contribution in [2.24, 2.45) is 0 Å². The van der Waals surface area contributed by atoms with E-state index < -0.39 is 4.92 Å². The molecule has 0 fully saturated rings. The van der Waals surface area contributed by atoms with Crippen LogP contribution in [0.5, 0.6) is 0 Å². The number of aromatic amines is 1. The van der Waals surface area contributed by atoms with Crippen LogP contribution in [0.2, 0.25) is 0 Å². The van der Waals surface area contributed by atoms with Crippen LogP contribution in [0.25, 0.3) is 5.69 Å². The molecule has 0 bridgehead atoms. The Morgan fingerprint density at radius 1 is 1.36 bits per heavy atom. The van der Waals surface area contributed by atoms with Crippen molar-refractivity contribution in [3.05, 3.63) is 63.1 Å². The van der Waals surface area contributed by atoms with Crippen LogP contribution in [0.4, 0.5) is 5.82 Å². The molecule has 0 amide bonds. The molecule has 0 aliphatic carbocycles. The van der Waals surface area contributed by atoms with E-state index in [2.05, 4.69) is 15.2 Å². The molecule has 8 nitrogen and oxygen atoms in total. The van der Waals surface area contributed by atoms with Crippen LogP contribution in [0.15, 0.2) is 36.8 Å². The molecule has 1 N–H and O–H groups in total. The maximum Gasteiger partial charge on any atom is 0.381 e. The standard InChI is InChI=1S/C13H12N6O2S/c1-9-2-4-10(5-3-9)18-12(15-16-13(18)22)7-17-6-11(14-8-17)19(20)21/h2-6,8H,7H2,1H3,(H,16,22). The second kappa shape index (κ2) is 5.53. The third-order valence-corrected chi connectivity index (χ3v) is 3.44. The first-order chi connectivity index (χ1) is 10.5. The predicted molar refractivity (Wildman–Crippen MR) is 81.5 cm³/mol. The zero-order chi connectivity index (χ0) is 15.7. The Labute approximate surface area is 130 Å². The van der Waals surface area contributed by atoms with Crippen LogP contribution < -0.4 is 0 Å². The van der Waals surface area contributed by atoms with Crippen LogP contribution >= 0.6 is 12.2 Å². The highest BCUT2D eigenvalue weighted by molar-refractivity contribution is 7.71. The predicted octanol–water partition coefficient (Wildman–Crippen LogP) is 2.39. The Kier molecular flexibility index (Phi) is 3.55. The molecule has 0 radical (unpaired) electrons. The third-order valence-electron chi connectivity index (χ3n) is 3.16. The van der Waals surface area contributed by atoms with Gasteiger partial charge in [0.05, 0.1) is 6.54 Å². The van der Waals surface area contributed by atoms with Crippen molar-refractivity contribution in [1.29, 1.82) is 0 Å². The van der Waals surface area contributed by atoms with Crippen molar-refractivity contribution in [2.75, 3.05) is 0 Å². The largest absolute Gasteiger partial charge is 0.381 e. The molecule has 2 heterocycles. The number of benzene rings is 1. The Bertz CT molecular complexity index is 877. The number of hydrogen-bond donors (Lipinski definition) is 1. The lowest BCUT2D eigenvalue weighted by molar-refractivity contribution is -0.389. The normalized spacial score (nSPS) is 10.8. The van der Waals surface area contributed by atoms with Crippen LogP contribution in [-0.4, -0.2) is 29.2 Å². The average Bonchev–Trinajstić information content (AvgIpc) is 3.08. The summed E-state index contributed by atoms with van der Waals surface area (Å²) in [4.78, 5) is 13.9. The summed E-state index contributed by atoms with van der Waals surface area (Å²) < 4.78 is 3.85. The first-order valence-corrected chi connectivity index (χ1v) is 6.85. The highest BCUT2D eigenvalue weighted by Gasteiger charge is 2.13. The first-order valence-electron chi connectivity index (χ1n) is 6.44. The lowest BCUT2D eigenvalue weighted by Crippen LogP contribution is -2.06. The van der Waals surface area contributed by atoms with Crippen LogP contribution in [0, 0.1) is 21.8 Å². The van der Waals surface area contributed by atoms with Gasteiger partial charge in [0.15, 0.2) is 10.6 Å². The molecule has 0 saturated carbocycles. The van der Waals surface area contributed by atoms with E-state index in [1.165, 1.54) is 12.5 Å². The summed E-state index contributed by atoms with van der Waals surface area (Å²) in [6.45, 7) is 2.33. The summed E-state index contributed by atoms with van der Waals surface area (Å²) >= 11 is 5.26. The van der Waals surface area contributed by atoms with Gasteiger partial charge in [-0.25, -0.2) is 0 Å². The molecule has 0 aliphatic heterocycles. The number of hydrogen-bond acceptors (Lipinski definition) is 5. The fraction of sp³-hybridized carbons (Fsp3) is 0.154. The number of nitro groups is 1. The minimum atomic E-state index is -0.534. The lowest BCUT2D eigenvalue weighted by atomic mass is 10.2. The smallest absolute Gasteiger partial charge is 0.358 e. The molecule has 0 saturated heterocycles. The Morgan fingerprint density at radius 3 is 2.73 bits per heavy atom. The Hall–Kier alpha value is -2.81. The summed E-state index contributed by atoms with van der Waals surface area (Å²) in [5, 5.41) is 17.6. The second-order valence-corrected chi connectivity index (χ2v) is 5.16. The number of rotatable bonds is 4. The van der Waals surface area contributed by atoms with Gasteiger partial charge in [0.1, 0.15) is 6.20 Å². The van der Waals surface area contributed by atoms with Gasteiger partial charge in [-0.3, -0.25) is 9.67 Å². The third kappa shape index (κ3) is 2.66. The van der Waals surface area contributed by atoms with Gasteiger partial charge < -0.3 is 14.7 Å². The van der Waals surface area contributed by atoms with Gasteiger partial charge in [-0.05, 0) is 41.2 Å². The van der Waals surface area contributed by atoms with E-state index in [4.69, 9.17) is 12.2 Å². The van der Waals surface area contributed by atoms with E-state index in [1.807, 2.05) is 31.2 Å². The Balaban J connectivity index is 1.96. The monoisotopic (exact) mass is 316 g/mol. The minimum Gasteiger partial charge on any atom is -0.358 e. The highest BCUT2D eigenvalue weighted by Crippen LogP contribution is 2.14. The number of nitrogens with zero attached hydrogens (tertiary/aromatic N) is 5. The number of imidazole rings is 1. The van der Waals surface area contributed by atoms with Crippen molar-refractivity contribution in [3.8, 4) is 5.69 Å². The molecule has 9 heteroatoms. The molecule has 0 spiro atoms. The van der Waals surface area contributed by atoms with Gasteiger partial charge in [0.2, 0.25) is 6.33 Å². The highest BCUT2D eigenvalue weighted by atomic mass is 32.1. The second-order valence-electron chi connectivity index (χ2n) is 4.78. The summed E-state index contributed by atoms with van der Waals surface area (Å²) in [5.74, 6) is 0.442. The minimum absolute atomic E-state index is 0.198. The Morgan fingerprint density at radius 2 is 2.09 bits per heavy atom. The lowest BCUT2D eigenvalue weighted by Gasteiger charge is -2.07. The molecule has 3 rings (SSSR count). The molecule has 1 aromatic carbocycles. The molecule has 0 aliphatic rings. The number of aryl methyl sites for hydroxylation is 1. The van der Waals surface area contributed by atoms with Crippen LogP contribution in [0.1, 0.15) is 11.4 Å². The molecule has 22 heavy (non-hydrogen) atoms.